The number of hydrogen-bond acceptors (Lipinski definition) is 6. The lowest BCUT2D eigenvalue weighted by Crippen LogP contribution is -2.08. The van der Waals surface area contributed by atoms with E-state index in [0.29, 0.717) is 16.5 Å². The van der Waals surface area contributed by atoms with E-state index < -0.39 is 21.8 Å². The molecule has 2 N–H and O–H groups in total. The Balaban J connectivity index is 1.76. The number of aromatic nitrogens is 1. The molecule has 0 fully saturated rings. The molecule has 0 spiro atoms. The van der Waals surface area contributed by atoms with Gasteiger partial charge in [-0.05, 0) is 36.8 Å². The second-order valence-corrected chi connectivity index (χ2v) is 9.98. The molecule has 6 nitrogen and oxygen atoms in total. The van der Waals surface area contributed by atoms with Crippen molar-refractivity contribution in [3.8, 4) is 16.9 Å². The second-order valence-electron chi connectivity index (χ2n) is 7.18. The van der Waals surface area contributed by atoms with Crippen molar-refractivity contribution in [2.45, 2.75) is 17.9 Å². The van der Waals surface area contributed by atoms with Crippen LogP contribution in [0.4, 0.5) is 10.2 Å². The van der Waals surface area contributed by atoms with Gasteiger partial charge in [-0.2, -0.15) is 0 Å². The van der Waals surface area contributed by atoms with E-state index in [-0.39, 0.29) is 32.1 Å². The fraction of sp³-hybridized carbons (Fsp3) is 0.136. The van der Waals surface area contributed by atoms with Gasteiger partial charge in [0, 0.05) is 28.6 Å². The number of anilines is 1. The van der Waals surface area contributed by atoms with Gasteiger partial charge in [-0.15, -0.1) is 0 Å². The van der Waals surface area contributed by atoms with Gasteiger partial charge >= 0.3 is 0 Å². The van der Waals surface area contributed by atoms with Crippen molar-refractivity contribution in [1.82, 2.24) is 4.98 Å². The van der Waals surface area contributed by atoms with Crippen LogP contribution in [0.15, 0.2) is 58.2 Å². The third kappa shape index (κ3) is 4.01. The molecule has 0 amide bonds. The van der Waals surface area contributed by atoms with E-state index in [9.17, 15) is 12.8 Å². The van der Waals surface area contributed by atoms with Gasteiger partial charge in [0.25, 0.3) is 0 Å². The number of rotatable bonds is 5. The lowest BCUT2D eigenvalue weighted by Gasteiger charge is -2.18. The fourth-order valence-electron chi connectivity index (χ4n) is 3.35. The van der Waals surface area contributed by atoms with Crippen molar-refractivity contribution in [3.63, 3.8) is 0 Å². The molecule has 1 atom stereocenters. The Hall–Kier alpha value is -2.81. The Bertz CT molecular complexity index is 1440. The van der Waals surface area contributed by atoms with Crippen molar-refractivity contribution >= 4 is 49.8 Å². The number of furan rings is 1. The minimum atomic E-state index is -3.31. The van der Waals surface area contributed by atoms with E-state index in [1.54, 1.807) is 19.1 Å². The Labute approximate surface area is 193 Å². The molecule has 0 saturated heterocycles. The average molecular weight is 495 g/mol. The van der Waals surface area contributed by atoms with Gasteiger partial charge in [-0.25, -0.2) is 17.8 Å². The van der Waals surface area contributed by atoms with Crippen LogP contribution in [0.3, 0.4) is 0 Å². The summed E-state index contributed by atoms with van der Waals surface area (Å²) in [6, 6.07) is 8.94. The minimum absolute atomic E-state index is 0.0707. The maximum Gasteiger partial charge on any atom is 0.205 e. The second kappa shape index (κ2) is 8.27. The summed E-state index contributed by atoms with van der Waals surface area (Å²) in [5, 5.41) is 0.702. The highest BCUT2D eigenvalue weighted by Crippen LogP contribution is 2.41. The fourth-order valence-corrected chi connectivity index (χ4v) is 4.66. The van der Waals surface area contributed by atoms with Crippen molar-refractivity contribution in [3.05, 3.63) is 70.3 Å². The van der Waals surface area contributed by atoms with Crippen LogP contribution in [0.2, 0.25) is 10.0 Å². The smallest absolute Gasteiger partial charge is 0.205 e. The van der Waals surface area contributed by atoms with Crippen molar-refractivity contribution < 1.29 is 22.0 Å². The molecule has 0 aliphatic carbocycles. The Kier molecular flexibility index (Phi) is 5.79. The zero-order chi connectivity index (χ0) is 23.2. The summed E-state index contributed by atoms with van der Waals surface area (Å²) in [5.74, 6) is -0.393. The summed E-state index contributed by atoms with van der Waals surface area (Å²) in [6.07, 6.45) is 3.42. The summed E-state index contributed by atoms with van der Waals surface area (Å²) < 4.78 is 49.1. The summed E-state index contributed by atoms with van der Waals surface area (Å²) in [4.78, 5) is 4.40. The first-order valence-corrected chi connectivity index (χ1v) is 12.0. The molecule has 166 valence electrons. The summed E-state index contributed by atoms with van der Waals surface area (Å²) in [6.45, 7) is 1.65. The molecule has 32 heavy (non-hydrogen) atoms. The third-order valence-electron chi connectivity index (χ3n) is 4.98. The highest BCUT2D eigenvalue weighted by atomic mass is 35.5. The lowest BCUT2D eigenvalue weighted by atomic mass is 10.1. The van der Waals surface area contributed by atoms with E-state index in [4.69, 9.17) is 38.1 Å². The van der Waals surface area contributed by atoms with Gasteiger partial charge in [-0.1, -0.05) is 35.3 Å². The molecule has 0 bridgehead atoms. The standard InChI is InChI=1S/C22H17Cl2FN2O4S/c1-11(18-16(23)7-8-17(25)19(18)24)31-21-20-14(9-27-22(21)26)15(10-30-20)12-3-5-13(6-4-12)32(2,28)29/h3-11H,1-2H3,(H2,26,27). The maximum atomic E-state index is 13.9. The average Bonchev–Trinajstić information content (AvgIpc) is 3.17. The number of fused-ring (bicyclic) bond motifs is 1. The lowest BCUT2D eigenvalue weighted by molar-refractivity contribution is 0.227. The molecule has 0 radical (unpaired) electrons. The zero-order valence-corrected chi connectivity index (χ0v) is 19.2. The molecule has 0 aliphatic rings. The molecular formula is C22H17Cl2FN2O4S. The molecule has 2 aromatic heterocycles. The molecule has 4 rings (SSSR count). The van der Waals surface area contributed by atoms with Gasteiger partial charge < -0.3 is 14.9 Å². The molecule has 2 aromatic carbocycles. The highest BCUT2D eigenvalue weighted by Gasteiger charge is 2.23. The first-order valence-electron chi connectivity index (χ1n) is 9.34. The summed E-state index contributed by atoms with van der Waals surface area (Å²) in [7, 11) is -3.31. The topological polar surface area (TPSA) is 95.4 Å². The van der Waals surface area contributed by atoms with E-state index in [1.165, 1.54) is 36.7 Å². The van der Waals surface area contributed by atoms with Crippen molar-refractivity contribution in [2.24, 2.45) is 0 Å². The van der Waals surface area contributed by atoms with Gasteiger partial charge in [0.15, 0.2) is 21.2 Å². The van der Waals surface area contributed by atoms with Gasteiger partial charge in [0.05, 0.1) is 21.6 Å². The number of halogens is 3. The van der Waals surface area contributed by atoms with E-state index in [2.05, 4.69) is 4.98 Å². The predicted octanol–water partition coefficient (Wildman–Crippen LogP) is 6.07. The number of sulfone groups is 1. The van der Waals surface area contributed by atoms with Crippen LogP contribution in [0.1, 0.15) is 18.6 Å². The van der Waals surface area contributed by atoms with Crippen molar-refractivity contribution in [1.29, 1.82) is 0 Å². The quantitative estimate of drug-likeness (QED) is 0.338. The number of benzene rings is 2. The Morgan fingerprint density at radius 3 is 2.50 bits per heavy atom. The molecule has 10 heteroatoms. The normalized spacial score (nSPS) is 12.8. The zero-order valence-electron chi connectivity index (χ0n) is 16.9. The molecule has 0 saturated carbocycles. The highest BCUT2D eigenvalue weighted by molar-refractivity contribution is 7.90. The SMILES string of the molecule is CC(Oc1c(N)ncc2c(-c3ccc(S(C)(=O)=O)cc3)coc12)c1c(Cl)ccc(F)c1Cl. The van der Waals surface area contributed by atoms with Gasteiger partial charge in [0.2, 0.25) is 5.75 Å². The molecule has 1 unspecified atom stereocenters. The predicted molar refractivity (Wildman–Crippen MR) is 122 cm³/mol. The molecule has 0 aliphatic heterocycles. The van der Waals surface area contributed by atoms with E-state index in [1.807, 2.05) is 0 Å². The first-order chi connectivity index (χ1) is 15.1. The van der Waals surface area contributed by atoms with Crippen LogP contribution in [0, 0.1) is 5.82 Å². The maximum absolute atomic E-state index is 13.9. The van der Waals surface area contributed by atoms with Crippen LogP contribution < -0.4 is 10.5 Å². The van der Waals surface area contributed by atoms with Crippen LogP contribution in [0.5, 0.6) is 5.75 Å². The molecule has 2 heterocycles. The number of nitrogen functional groups attached to an aromatic ring is 1. The largest absolute Gasteiger partial charge is 0.478 e. The van der Waals surface area contributed by atoms with Gasteiger partial charge in [0.1, 0.15) is 11.9 Å². The number of ether oxygens (including phenoxy) is 1. The number of nitrogens with zero attached hydrogens (tertiary/aromatic N) is 1. The molecular weight excluding hydrogens is 478 g/mol. The van der Waals surface area contributed by atoms with Crippen LogP contribution in [0.25, 0.3) is 22.1 Å². The Morgan fingerprint density at radius 1 is 1.16 bits per heavy atom. The van der Waals surface area contributed by atoms with Crippen molar-refractivity contribution in [2.75, 3.05) is 12.0 Å². The summed E-state index contributed by atoms with van der Waals surface area (Å²) >= 11 is 12.3. The molecule has 4 aromatic rings. The number of nitrogens with two attached hydrogens (primary N) is 1. The Morgan fingerprint density at radius 2 is 1.84 bits per heavy atom. The van der Waals surface area contributed by atoms with Crippen LogP contribution >= 0.6 is 23.2 Å². The minimum Gasteiger partial charge on any atom is -0.478 e. The summed E-state index contributed by atoms with van der Waals surface area (Å²) in [5.41, 5.74) is 8.03. The third-order valence-corrected chi connectivity index (χ3v) is 6.82. The van der Waals surface area contributed by atoms with Crippen LogP contribution in [-0.2, 0) is 9.84 Å². The number of pyridine rings is 1. The monoisotopic (exact) mass is 494 g/mol. The van der Waals surface area contributed by atoms with E-state index >= 15 is 0 Å². The number of hydrogen-bond donors (Lipinski definition) is 1. The van der Waals surface area contributed by atoms with Crippen LogP contribution in [-0.4, -0.2) is 19.7 Å². The first kappa shape index (κ1) is 22.4. The van der Waals surface area contributed by atoms with E-state index in [0.717, 1.165) is 11.8 Å². The van der Waals surface area contributed by atoms with Gasteiger partial charge in [-0.3, -0.25) is 0 Å².